The van der Waals surface area contributed by atoms with Crippen LogP contribution in [0.3, 0.4) is 0 Å². The Bertz CT molecular complexity index is 3610. The summed E-state index contributed by atoms with van der Waals surface area (Å²) in [4.78, 5) is 49.0. The van der Waals surface area contributed by atoms with Crippen LogP contribution < -0.4 is 82.9 Å². The molecule has 0 spiro atoms. The molecule has 101 heavy (non-hydrogen) atoms. The quantitative estimate of drug-likeness (QED) is 0.0161. The molecule has 5 aromatic rings. The Morgan fingerprint density at radius 2 is 0.911 bits per heavy atom. The number of benzene rings is 5. The smallest absolute Gasteiger partial charge is 0.870 e. The molecular weight excluding hydrogens is 1310 g/mol. The van der Waals surface area contributed by atoms with Crippen LogP contribution in [0.5, 0.6) is 0 Å². The maximum absolute atomic E-state index is 14.3. The summed E-state index contributed by atoms with van der Waals surface area (Å²) in [5.41, 5.74) is 19.0. The fraction of sp³-hybridized carbons (Fsp3) is 0.568. The van der Waals surface area contributed by atoms with Crippen LogP contribution in [0.25, 0.3) is 9.85 Å². The first-order chi connectivity index (χ1) is 47.4. The van der Waals surface area contributed by atoms with Crippen molar-refractivity contribution < 1.29 is 99.0 Å². The van der Waals surface area contributed by atoms with Gasteiger partial charge in [0.1, 0.15) is 28.8 Å². The molecule has 8 N–H and O–H groups in total. The molecule has 20 heteroatoms. The fourth-order valence-corrected chi connectivity index (χ4v) is 16.4. The Kier molecular flexibility index (Phi) is 32.7. The molecule has 6 aliphatic rings. The second kappa shape index (κ2) is 39.5. The molecule has 0 atom stereocenters. The van der Waals surface area contributed by atoms with E-state index in [0.29, 0.717) is 66.0 Å². The molecule has 15 nitrogen and oxygen atoms in total. The van der Waals surface area contributed by atoms with Gasteiger partial charge in [0.25, 0.3) is 5.54 Å². The number of carboxylic acids is 2. The number of amides is 1. The first-order valence-electron chi connectivity index (χ1n) is 36.8. The third kappa shape index (κ3) is 21.8. The minimum Gasteiger partial charge on any atom is -0.870 e. The van der Waals surface area contributed by atoms with Gasteiger partial charge in [0.15, 0.2) is 0 Å². The van der Waals surface area contributed by atoms with Crippen molar-refractivity contribution in [1.29, 1.82) is 0 Å². The summed E-state index contributed by atoms with van der Waals surface area (Å²) >= 11 is 0. The fourth-order valence-electron chi connectivity index (χ4n) is 16.4. The summed E-state index contributed by atoms with van der Waals surface area (Å²) in [6, 6.07) is 27.6. The third-order valence-electron chi connectivity index (χ3n) is 21.5. The average Bonchev–Trinajstić information content (AvgIpc) is 1.77. The van der Waals surface area contributed by atoms with Gasteiger partial charge in [-0.25, -0.2) is 24.1 Å². The molecule has 544 valence electrons. The number of nitrogens with two attached hydrogens (primary N) is 2. The normalized spacial score (nSPS) is 17.7. The van der Waals surface area contributed by atoms with E-state index in [1.807, 2.05) is 36.4 Å². The van der Waals surface area contributed by atoms with E-state index in [0.717, 1.165) is 168 Å². The van der Waals surface area contributed by atoms with Crippen molar-refractivity contribution in [1.82, 2.24) is 0 Å². The van der Waals surface area contributed by atoms with E-state index in [1.54, 1.807) is 0 Å². The van der Waals surface area contributed by atoms with E-state index in [2.05, 4.69) is 95.7 Å². The Labute approximate surface area is 640 Å². The van der Waals surface area contributed by atoms with Gasteiger partial charge in [0.2, 0.25) is 5.91 Å². The molecule has 1 amide bonds. The van der Waals surface area contributed by atoms with Gasteiger partial charge in [0, 0.05) is 73.3 Å². The van der Waals surface area contributed by atoms with Crippen LogP contribution in [-0.4, -0.2) is 71.3 Å². The molecular formula is C81H109F4KN8O7. The van der Waals surface area contributed by atoms with Gasteiger partial charge < -0.3 is 57.2 Å². The number of halogens is 4. The van der Waals surface area contributed by atoms with Crippen LogP contribution in [-0.2, 0) is 37.2 Å². The van der Waals surface area contributed by atoms with Crippen molar-refractivity contribution in [2.45, 2.75) is 256 Å². The van der Waals surface area contributed by atoms with Crippen LogP contribution in [0.1, 0.15) is 243 Å². The molecule has 6 fully saturated rings. The number of hydrogen-bond acceptors (Lipinski definition) is 10. The number of carbonyl (C=O) groups excluding carboxylic acids is 1. The van der Waals surface area contributed by atoms with Gasteiger partial charge in [-0.15, -0.1) is 0 Å². The number of anilines is 6. The van der Waals surface area contributed by atoms with Crippen molar-refractivity contribution in [2.75, 3.05) is 51.1 Å². The molecule has 6 saturated carbocycles. The van der Waals surface area contributed by atoms with Crippen molar-refractivity contribution in [3.8, 4) is 6.07 Å². The zero-order valence-electron chi connectivity index (χ0n) is 60.9. The number of carboxylic acid groups (broad SMARTS) is 2. The van der Waals surface area contributed by atoms with E-state index in [4.69, 9.17) is 18.0 Å². The van der Waals surface area contributed by atoms with Crippen LogP contribution in [0.2, 0.25) is 0 Å². The van der Waals surface area contributed by atoms with Crippen LogP contribution in [0.4, 0.5) is 51.7 Å². The predicted molar refractivity (Wildman–Crippen MR) is 394 cm³/mol. The maximum Gasteiger partial charge on any atom is 1.00 e. The molecule has 0 radical (unpaired) electrons. The first kappa shape index (κ1) is 83.6. The second-order valence-corrected chi connectivity index (χ2v) is 30.1. The van der Waals surface area contributed by atoms with Crippen molar-refractivity contribution in [3.63, 3.8) is 0 Å². The SMILES string of the molecule is CC(C)CN(c1ccc(C2(C(=O)O)CCCC2)cc1N)C1CCCCC1.CC(C)CN(c1ccc(C2(C(=O)O)CCCC2)cc1NC(=O)Cc1ccc(F)cc1F)C1CCCCC1.[C-]#[N+]C1(c2ccc(N(CC(C)C)C3CCCCC3)c(N)c2)CCCC1.[K+].[O-][N+]#Cc1ccc(F)cc1F.[OH-]. The molecule has 5 aromatic carbocycles. The van der Waals surface area contributed by atoms with E-state index < -0.39 is 51.9 Å². The predicted octanol–water partition coefficient (Wildman–Crippen LogP) is 16.5. The number of nitrogen functional groups attached to an aromatic ring is 2. The molecule has 0 unspecified atom stereocenters. The Hall–Kier alpha value is -6.39. The minimum absolute atomic E-state index is 0. The van der Waals surface area contributed by atoms with Crippen molar-refractivity contribution in [2.24, 2.45) is 17.8 Å². The topological polar surface area (TPSA) is 227 Å². The number of hydrogen-bond donors (Lipinski definition) is 5. The van der Waals surface area contributed by atoms with E-state index >= 15 is 0 Å². The van der Waals surface area contributed by atoms with Crippen LogP contribution >= 0.6 is 0 Å². The average molecular weight is 1420 g/mol. The second-order valence-electron chi connectivity index (χ2n) is 30.1. The van der Waals surface area contributed by atoms with Gasteiger partial charge in [-0.3, -0.25) is 14.4 Å². The summed E-state index contributed by atoms with van der Waals surface area (Å²) in [5.74, 6) is -3.38. The maximum atomic E-state index is 14.3. The Morgan fingerprint density at radius 1 is 0.535 bits per heavy atom. The van der Waals surface area contributed by atoms with Crippen molar-refractivity contribution in [3.05, 3.63) is 164 Å². The zero-order chi connectivity index (χ0) is 71.4. The largest absolute Gasteiger partial charge is 1.00 e. The van der Waals surface area contributed by atoms with E-state index in [9.17, 15) is 47.4 Å². The number of aliphatic carboxylic acids is 2. The molecule has 0 heterocycles. The first-order valence-corrected chi connectivity index (χ1v) is 36.8. The van der Waals surface area contributed by atoms with Gasteiger partial charge >= 0.3 is 69.4 Å². The number of carbonyl (C=O) groups is 3. The number of nitrogens with one attached hydrogen (secondary N) is 1. The summed E-state index contributed by atoms with van der Waals surface area (Å²) in [6.45, 7) is 24.0. The van der Waals surface area contributed by atoms with Gasteiger partial charge in [-0.05, 0) is 172 Å². The summed E-state index contributed by atoms with van der Waals surface area (Å²) in [5, 5.41) is 34.8. The minimum atomic E-state index is -0.964. The molecule has 6 aliphatic carbocycles. The summed E-state index contributed by atoms with van der Waals surface area (Å²) in [7, 11) is 0. The van der Waals surface area contributed by atoms with Crippen molar-refractivity contribution >= 4 is 52.0 Å². The van der Waals surface area contributed by atoms with E-state index in [1.165, 1.54) is 82.4 Å². The van der Waals surface area contributed by atoms with Crippen LogP contribution in [0, 0.1) is 58.9 Å². The molecule has 0 aliphatic heterocycles. The standard InChI is InChI=1S/C30H38F2N2O3.C22H33N3.C22H34N2O2.C7H3F2NO.K.H2O/c1-20(2)19-34(24-8-4-3-5-9-24)27-13-11-22(30(29(36)37)14-6-7-15-30)17-26(27)33-28(35)16-21-10-12-23(31)18-25(21)32;1-17(2)16-25(19-9-5-4-6-10-19)21-12-11-18(15-20(21)23)22(24-3)13-7-8-14-22;1-16(2)15-24(18-8-4-3-5-9-18)20-11-10-17(14-19(20)23)22(21(25)26)12-6-7-13-22;8-6-2-1-5(4-10-11)7(9)3-6;;/h10-13,17-18,20,24H,3-9,14-16,19H2,1-2H3,(H,33,35)(H,36,37);11-12,15,17,19H,4-10,13-14,16,23H2,1-2H3;10-11,14,16,18H,3-9,12-13,15,23H2,1-2H3,(H,25,26);1-3H;;1H2/q;;;;+1;/p-1. The van der Waals surface area contributed by atoms with E-state index in [-0.39, 0.29) is 79.9 Å². The van der Waals surface area contributed by atoms with Gasteiger partial charge in [-0.1, -0.05) is 143 Å². The third-order valence-corrected chi connectivity index (χ3v) is 21.5. The monoisotopic (exact) mass is 1420 g/mol. The van der Waals surface area contributed by atoms with Gasteiger partial charge in [-0.2, -0.15) is 0 Å². The Balaban J connectivity index is 0.000000223. The van der Waals surface area contributed by atoms with Crippen LogP contribution in [0.15, 0.2) is 91.0 Å². The summed E-state index contributed by atoms with van der Waals surface area (Å²) in [6.07, 6.45) is 28.9. The Morgan fingerprint density at radius 3 is 1.30 bits per heavy atom. The number of rotatable bonds is 20. The molecule has 0 aromatic heterocycles. The zero-order valence-corrected chi connectivity index (χ0v) is 64.0. The molecule has 0 saturated heterocycles. The number of nitrogens with zero attached hydrogens (tertiary/aromatic N) is 5. The summed E-state index contributed by atoms with van der Waals surface area (Å²) < 4.78 is 52.4. The molecule has 0 bridgehead atoms. The van der Waals surface area contributed by atoms with Gasteiger partial charge in [0.05, 0.1) is 51.4 Å². The molecule has 11 rings (SSSR count).